The summed E-state index contributed by atoms with van der Waals surface area (Å²) in [5.41, 5.74) is 1.75. The number of carbonyl (C=O) groups excluding carboxylic acids is 3. The second-order valence-corrected chi connectivity index (χ2v) is 6.84. The van der Waals surface area contributed by atoms with Gasteiger partial charge in [-0.05, 0) is 31.0 Å². The number of ether oxygens (including phenoxy) is 1. The Morgan fingerprint density at radius 3 is 2.35 bits per heavy atom. The molecule has 2 fully saturated rings. The van der Waals surface area contributed by atoms with Crippen molar-refractivity contribution in [1.82, 2.24) is 9.80 Å². The van der Waals surface area contributed by atoms with E-state index in [2.05, 4.69) is 0 Å². The zero-order chi connectivity index (χ0) is 18.8. The van der Waals surface area contributed by atoms with E-state index in [0.717, 1.165) is 5.56 Å². The van der Waals surface area contributed by atoms with Gasteiger partial charge in [0.05, 0.1) is 12.8 Å². The minimum absolute atomic E-state index is 0.0201. The first-order valence-electron chi connectivity index (χ1n) is 8.92. The van der Waals surface area contributed by atoms with Gasteiger partial charge in [-0.2, -0.15) is 0 Å². The van der Waals surface area contributed by atoms with E-state index in [1.165, 1.54) is 6.92 Å². The molecule has 1 unspecified atom stereocenters. The van der Waals surface area contributed by atoms with Gasteiger partial charge in [0.2, 0.25) is 17.7 Å². The maximum atomic E-state index is 12.9. The summed E-state index contributed by atoms with van der Waals surface area (Å²) in [7, 11) is 1.58. The SMILES string of the molecule is COc1ccc(C)cc1N1CCC(C(=O)N2CCN(C(C)=O)CC2)C1=O. The van der Waals surface area contributed by atoms with Crippen LogP contribution >= 0.6 is 0 Å². The third-order valence-corrected chi connectivity index (χ3v) is 5.17. The Balaban J connectivity index is 1.71. The summed E-state index contributed by atoms with van der Waals surface area (Å²) in [6, 6.07) is 5.68. The van der Waals surface area contributed by atoms with Crippen molar-refractivity contribution in [3.05, 3.63) is 23.8 Å². The zero-order valence-corrected chi connectivity index (χ0v) is 15.5. The third-order valence-electron chi connectivity index (χ3n) is 5.17. The van der Waals surface area contributed by atoms with Crippen LogP contribution in [0, 0.1) is 12.8 Å². The van der Waals surface area contributed by atoms with Gasteiger partial charge in [-0.25, -0.2) is 0 Å². The number of hydrogen-bond donors (Lipinski definition) is 0. The van der Waals surface area contributed by atoms with Crippen molar-refractivity contribution in [2.45, 2.75) is 20.3 Å². The molecule has 0 saturated carbocycles. The van der Waals surface area contributed by atoms with Crippen molar-refractivity contribution in [1.29, 1.82) is 0 Å². The van der Waals surface area contributed by atoms with E-state index in [1.807, 2.05) is 25.1 Å². The predicted molar refractivity (Wildman–Crippen MR) is 97.0 cm³/mol. The topological polar surface area (TPSA) is 70.2 Å². The molecule has 1 atom stereocenters. The van der Waals surface area contributed by atoms with E-state index in [1.54, 1.807) is 21.8 Å². The van der Waals surface area contributed by atoms with E-state index in [9.17, 15) is 14.4 Å². The molecule has 2 saturated heterocycles. The van der Waals surface area contributed by atoms with Gasteiger partial charge in [0.15, 0.2) is 0 Å². The quantitative estimate of drug-likeness (QED) is 0.757. The molecule has 2 aliphatic rings. The molecule has 0 radical (unpaired) electrons. The van der Waals surface area contributed by atoms with Crippen molar-refractivity contribution < 1.29 is 19.1 Å². The lowest BCUT2D eigenvalue weighted by Gasteiger charge is -2.35. The molecule has 26 heavy (non-hydrogen) atoms. The Kier molecular flexibility index (Phi) is 5.15. The number of hydrogen-bond acceptors (Lipinski definition) is 4. The Morgan fingerprint density at radius 1 is 1.08 bits per heavy atom. The fraction of sp³-hybridized carbons (Fsp3) is 0.526. The lowest BCUT2D eigenvalue weighted by Crippen LogP contribution is -2.52. The summed E-state index contributed by atoms with van der Waals surface area (Å²) < 4.78 is 5.38. The number of amides is 3. The smallest absolute Gasteiger partial charge is 0.239 e. The van der Waals surface area contributed by atoms with Crippen LogP contribution in [0.4, 0.5) is 5.69 Å². The van der Waals surface area contributed by atoms with Crippen LogP contribution in [0.15, 0.2) is 18.2 Å². The van der Waals surface area contributed by atoms with Gasteiger partial charge in [0.25, 0.3) is 0 Å². The van der Waals surface area contributed by atoms with Crippen molar-refractivity contribution in [3.8, 4) is 5.75 Å². The molecule has 0 bridgehead atoms. The summed E-state index contributed by atoms with van der Waals surface area (Å²) in [5, 5.41) is 0. The van der Waals surface area contributed by atoms with E-state index >= 15 is 0 Å². The van der Waals surface area contributed by atoms with Crippen molar-refractivity contribution in [3.63, 3.8) is 0 Å². The minimum Gasteiger partial charge on any atom is -0.495 e. The van der Waals surface area contributed by atoms with Gasteiger partial charge in [-0.3, -0.25) is 14.4 Å². The summed E-state index contributed by atoms with van der Waals surface area (Å²) in [6.45, 7) is 6.01. The first kappa shape index (κ1) is 18.2. The van der Waals surface area contributed by atoms with Crippen molar-refractivity contribution in [2.75, 3.05) is 44.7 Å². The van der Waals surface area contributed by atoms with Crippen LogP contribution in [0.1, 0.15) is 18.9 Å². The summed E-state index contributed by atoms with van der Waals surface area (Å²) in [5.74, 6) is -0.303. The number of rotatable bonds is 3. The second-order valence-electron chi connectivity index (χ2n) is 6.84. The van der Waals surface area contributed by atoms with Gasteiger partial charge in [-0.15, -0.1) is 0 Å². The first-order chi connectivity index (χ1) is 12.4. The highest BCUT2D eigenvalue weighted by Crippen LogP contribution is 2.34. The minimum atomic E-state index is -0.649. The molecule has 0 aliphatic carbocycles. The average molecular weight is 359 g/mol. The molecule has 3 rings (SSSR count). The van der Waals surface area contributed by atoms with Gasteiger partial charge in [0.1, 0.15) is 11.7 Å². The second kappa shape index (κ2) is 7.35. The van der Waals surface area contributed by atoms with Gasteiger partial charge in [-0.1, -0.05) is 6.07 Å². The fourth-order valence-corrected chi connectivity index (χ4v) is 3.62. The number of nitrogens with zero attached hydrogens (tertiary/aromatic N) is 3. The Labute approximate surface area is 153 Å². The molecule has 2 heterocycles. The summed E-state index contributed by atoms with van der Waals surface area (Å²) >= 11 is 0. The average Bonchev–Trinajstić information content (AvgIpc) is 3.02. The van der Waals surface area contributed by atoms with Crippen LogP contribution in [0.25, 0.3) is 0 Å². The summed E-state index contributed by atoms with van der Waals surface area (Å²) in [6.07, 6.45) is 0.502. The van der Waals surface area contributed by atoms with E-state index < -0.39 is 5.92 Å². The molecule has 7 heteroatoms. The molecule has 7 nitrogen and oxygen atoms in total. The number of methoxy groups -OCH3 is 1. The molecule has 0 spiro atoms. The molecule has 0 aromatic heterocycles. The lowest BCUT2D eigenvalue weighted by molar-refractivity contribution is -0.144. The largest absolute Gasteiger partial charge is 0.495 e. The molecule has 2 aliphatic heterocycles. The number of anilines is 1. The molecule has 0 N–H and O–H groups in total. The fourth-order valence-electron chi connectivity index (χ4n) is 3.62. The van der Waals surface area contributed by atoms with Crippen LogP contribution in [-0.4, -0.2) is 67.4 Å². The number of carbonyl (C=O) groups is 3. The Bertz CT molecular complexity index is 725. The number of benzene rings is 1. The third kappa shape index (κ3) is 3.38. The van der Waals surface area contributed by atoms with Crippen molar-refractivity contribution >= 4 is 23.4 Å². The zero-order valence-electron chi connectivity index (χ0n) is 15.5. The molecular formula is C19H25N3O4. The van der Waals surface area contributed by atoms with Crippen molar-refractivity contribution in [2.24, 2.45) is 5.92 Å². The number of piperazine rings is 1. The normalized spacial score (nSPS) is 20.5. The maximum Gasteiger partial charge on any atom is 0.239 e. The molecular weight excluding hydrogens is 334 g/mol. The van der Waals surface area contributed by atoms with Gasteiger partial charge < -0.3 is 19.4 Å². The molecule has 3 amide bonds. The molecule has 1 aromatic carbocycles. The first-order valence-corrected chi connectivity index (χ1v) is 8.92. The van der Waals surface area contributed by atoms with Gasteiger partial charge in [0, 0.05) is 39.6 Å². The van der Waals surface area contributed by atoms with Crippen LogP contribution in [0.2, 0.25) is 0 Å². The molecule has 140 valence electrons. The number of aryl methyl sites for hydroxylation is 1. The van der Waals surface area contributed by atoms with E-state index in [4.69, 9.17) is 4.74 Å². The standard InChI is InChI=1S/C19H25N3O4/c1-13-4-5-17(26-3)16(12-13)22-7-6-15(19(22)25)18(24)21-10-8-20(9-11-21)14(2)23/h4-5,12,15H,6-11H2,1-3H3. The Hall–Kier alpha value is -2.57. The predicted octanol–water partition coefficient (Wildman–Crippen LogP) is 1.05. The van der Waals surface area contributed by atoms with Crippen LogP contribution in [-0.2, 0) is 14.4 Å². The highest BCUT2D eigenvalue weighted by molar-refractivity contribution is 6.10. The highest BCUT2D eigenvalue weighted by atomic mass is 16.5. The molecule has 1 aromatic rings. The lowest BCUT2D eigenvalue weighted by atomic mass is 10.1. The van der Waals surface area contributed by atoms with Crippen LogP contribution < -0.4 is 9.64 Å². The van der Waals surface area contributed by atoms with E-state index in [0.29, 0.717) is 50.6 Å². The summed E-state index contributed by atoms with van der Waals surface area (Å²) in [4.78, 5) is 42.2. The monoisotopic (exact) mass is 359 g/mol. The van der Waals surface area contributed by atoms with Gasteiger partial charge >= 0.3 is 0 Å². The van der Waals surface area contributed by atoms with Crippen LogP contribution in [0.3, 0.4) is 0 Å². The van der Waals surface area contributed by atoms with Crippen LogP contribution in [0.5, 0.6) is 5.75 Å². The highest BCUT2D eigenvalue weighted by Gasteiger charge is 2.41. The maximum absolute atomic E-state index is 12.9. The van der Waals surface area contributed by atoms with E-state index in [-0.39, 0.29) is 17.7 Å². The Morgan fingerprint density at radius 2 is 1.73 bits per heavy atom.